The average molecular weight is 429 g/mol. The molecule has 0 N–H and O–H groups in total. The summed E-state index contributed by atoms with van der Waals surface area (Å²) < 4.78 is 2.26. The Morgan fingerprint density at radius 2 is 0.941 bits per heavy atom. The van der Waals surface area contributed by atoms with E-state index in [4.69, 9.17) is 9.19 Å². The van der Waals surface area contributed by atoms with Gasteiger partial charge in [-0.3, -0.25) is 0 Å². The molecule has 0 bridgehead atoms. The zero-order chi connectivity index (χ0) is 14.9. The van der Waals surface area contributed by atoms with Crippen LogP contribution < -0.4 is 0 Å². The van der Waals surface area contributed by atoms with Gasteiger partial charge in [0, 0.05) is 0 Å². The Morgan fingerprint density at radius 1 is 0.765 bits per heavy atom. The van der Waals surface area contributed by atoms with Gasteiger partial charge in [-0.05, 0) is 0 Å². The van der Waals surface area contributed by atoms with Crippen LogP contribution in [0.15, 0.2) is 0 Å². The molecule has 0 aliphatic carbocycles. The molecule has 0 aliphatic heterocycles. The van der Waals surface area contributed by atoms with E-state index in [0.717, 1.165) is 0 Å². The van der Waals surface area contributed by atoms with Crippen LogP contribution in [0, 0.1) is 30.1 Å². The number of rotatable bonds is 0. The largest absolute Gasteiger partial charge is 0.338 e. The first-order chi connectivity index (χ1) is 7.06. The molecule has 0 aliphatic rings. The molecule has 0 aromatic heterocycles. The molecule has 2 heteroatoms. The molecular weight excluding hydrogens is 397 g/mol. The van der Waals surface area contributed by atoms with Gasteiger partial charge in [-0.15, -0.1) is 0 Å². The molecule has 0 rings (SSSR count). The normalized spacial score (nSPS) is 12.5. The van der Waals surface area contributed by atoms with E-state index in [9.17, 15) is 0 Å². The molecule has 0 aromatic rings. The zero-order valence-corrected chi connectivity index (χ0v) is 17.3. The van der Waals surface area contributed by atoms with Crippen molar-refractivity contribution in [2.75, 3.05) is 0 Å². The van der Waals surface area contributed by atoms with Gasteiger partial charge in [0.15, 0.2) is 0 Å². The second-order valence-electron chi connectivity index (χ2n) is 7.71. The van der Waals surface area contributed by atoms with Crippen molar-refractivity contribution in [3.63, 3.8) is 0 Å². The van der Waals surface area contributed by atoms with Crippen LogP contribution >= 0.6 is 9.19 Å². The van der Waals surface area contributed by atoms with Crippen molar-refractivity contribution in [1.82, 2.24) is 0 Å². The van der Waals surface area contributed by atoms with Gasteiger partial charge in [0.25, 0.3) is 0 Å². The Hall–Kier alpha value is 0.900. The predicted molar refractivity (Wildman–Crippen MR) is 81.0 cm³/mol. The van der Waals surface area contributed by atoms with Crippen LogP contribution in [0.1, 0.15) is 62.3 Å². The van der Waals surface area contributed by atoms with Crippen molar-refractivity contribution in [1.29, 1.82) is 0 Å². The number of halogens is 1. The van der Waals surface area contributed by atoms with Crippen LogP contribution in [-0.4, -0.2) is 4.23 Å². The number of hydrogen-bond acceptors (Lipinski definition) is 0. The molecule has 0 saturated carbocycles. The molecule has 0 atom stereocenters. The summed E-state index contributed by atoms with van der Waals surface area (Å²) in [5.74, 6) is 0. The summed E-state index contributed by atoms with van der Waals surface area (Å²) in [4.78, 5) is 0. The van der Waals surface area contributed by atoms with Crippen molar-refractivity contribution in [2.24, 2.45) is 16.2 Å². The third-order valence-corrected chi connectivity index (χ3v) is 4.37. The predicted octanol–water partition coefficient (Wildman–Crippen LogP) is 5.80. The fraction of sp³-hybridized carbons (Fsp3) is 0.800. The van der Waals surface area contributed by atoms with Crippen molar-refractivity contribution in [3.05, 3.63) is 13.8 Å². The van der Waals surface area contributed by atoms with Gasteiger partial charge in [-0.2, -0.15) is 10.8 Å². The molecule has 0 amide bonds. The fourth-order valence-electron chi connectivity index (χ4n) is 0.146. The molecule has 0 fully saturated rings. The molecule has 106 valence electrons. The van der Waals surface area contributed by atoms with E-state index in [1.54, 1.807) is 0 Å². The monoisotopic (exact) mass is 428 g/mol. The average Bonchev–Trinajstić information content (AvgIpc) is 1.73. The second-order valence-corrected chi connectivity index (χ2v) is 10.9. The van der Waals surface area contributed by atoms with Crippen molar-refractivity contribution in [3.8, 4) is 0 Å². The van der Waals surface area contributed by atoms with E-state index in [1.807, 2.05) is 0 Å². The van der Waals surface area contributed by atoms with Crippen LogP contribution in [0.2, 0.25) is 0 Å². The molecule has 0 heterocycles. The van der Waals surface area contributed by atoms with E-state index < -0.39 is 18.2 Å². The van der Waals surface area contributed by atoms with Crippen molar-refractivity contribution >= 4 is 13.4 Å². The van der Waals surface area contributed by atoms with Gasteiger partial charge in [-0.1, -0.05) is 41.5 Å². The Bertz CT molecular complexity index is 162. The molecule has 0 spiro atoms. The summed E-state index contributed by atoms with van der Waals surface area (Å²) >= 11 is -0.643. The maximum atomic E-state index is 5.61. The molecule has 17 heavy (non-hydrogen) atoms. The quantitative estimate of drug-likeness (QED) is 0.427. The maximum Gasteiger partial charge on any atom is -0.0878 e. The summed E-state index contributed by atoms with van der Waals surface area (Å²) in [7, 11) is 5.61. The van der Waals surface area contributed by atoms with E-state index >= 15 is 0 Å². The Kier molecular flexibility index (Phi) is 13.2. The summed E-state index contributed by atoms with van der Waals surface area (Å²) in [6.07, 6.45) is 0. The van der Waals surface area contributed by atoms with Crippen molar-refractivity contribution in [2.45, 2.75) is 62.3 Å². The third-order valence-electron chi connectivity index (χ3n) is 0.436. The second kappa shape index (κ2) is 9.78. The van der Waals surface area contributed by atoms with Crippen LogP contribution in [0.3, 0.4) is 0 Å². The van der Waals surface area contributed by atoms with Crippen LogP contribution in [0.25, 0.3) is 0 Å². The minimum Gasteiger partial charge on any atom is -0.338 e. The Balaban J connectivity index is -0.000000177. The molecular formula is C15H32ClTa-2. The van der Waals surface area contributed by atoms with Gasteiger partial charge in [0.2, 0.25) is 0 Å². The van der Waals surface area contributed by atoms with Gasteiger partial charge >= 0.3 is 57.8 Å². The van der Waals surface area contributed by atoms with E-state index in [2.05, 4.69) is 80.4 Å². The van der Waals surface area contributed by atoms with Gasteiger partial charge < -0.3 is 13.8 Å². The SMILES string of the molecule is CC(C)(C)[CH]=[Ta][Cl].[CH2-]C(C)(C)C.[CH2-]C(C)(C)C. The summed E-state index contributed by atoms with van der Waals surface area (Å²) in [6, 6.07) is 0. The van der Waals surface area contributed by atoms with Crippen LogP contribution in [0.5, 0.6) is 0 Å². The topological polar surface area (TPSA) is 0 Å². The number of hydrogen-bond donors (Lipinski definition) is 0. The standard InChI is InChI=1S/2C5H11.C5H10.ClH.Ta/c3*1-5(2,3)4;;/h2*1H2,2-4H3;1H,2-4H3;1H;/q2*-1;;;+1/p-1. The van der Waals surface area contributed by atoms with Gasteiger partial charge in [-0.25, -0.2) is 0 Å². The minimum atomic E-state index is -0.643. The molecule has 0 unspecified atom stereocenters. The first-order valence-corrected chi connectivity index (χ1v) is 11.8. The molecule has 0 aromatic carbocycles. The fourth-order valence-corrected chi connectivity index (χ4v) is 3.59. The Labute approximate surface area is 124 Å². The maximum absolute atomic E-state index is 5.61. The van der Waals surface area contributed by atoms with E-state index in [1.165, 1.54) is 0 Å². The molecule has 0 radical (unpaired) electrons. The summed E-state index contributed by atoms with van der Waals surface area (Å²) in [5.41, 5.74) is 0.874. The first kappa shape index (κ1) is 23.0. The summed E-state index contributed by atoms with van der Waals surface area (Å²) in [5, 5.41) is 0. The van der Waals surface area contributed by atoms with Crippen molar-refractivity contribution < 1.29 is 18.2 Å². The van der Waals surface area contributed by atoms with Gasteiger partial charge in [0.1, 0.15) is 0 Å². The molecule has 0 nitrogen and oxygen atoms in total. The molecule has 0 saturated heterocycles. The van der Waals surface area contributed by atoms with Crippen LogP contribution in [-0.2, 0) is 18.2 Å². The first-order valence-electron chi connectivity index (χ1n) is 5.92. The van der Waals surface area contributed by atoms with Crippen LogP contribution in [0.4, 0.5) is 0 Å². The summed E-state index contributed by atoms with van der Waals surface area (Å²) in [6.45, 7) is 26.5. The minimum absolute atomic E-state index is 0.250. The van der Waals surface area contributed by atoms with E-state index in [0.29, 0.717) is 5.41 Å². The third kappa shape index (κ3) is 156. The zero-order valence-electron chi connectivity index (χ0n) is 13.3. The van der Waals surface area contributed by atoms with E-state index in [-0.39, 0.29) is 10.8 Å². The van der Waals surface area contributed by atoms with Gasteiger partial charge in [0.05, 0.1) is 0 Å². The smallest absolute Gasteiger partial charge is 0.0878 e. The Morgan fingerprint density at radius 3 is 0.941 bits per heavy atom.